The molecule has 2 atom stereocenters. The molecule has 1 amide bonds. The second kappa shape index (κ2) is 1.50. The van der Waals surface area contributed by atoms with E-state index in [1.807, 2.05) is 0 Å². The van der Waals surface area contributed by atoms with Crippen LogP contribution in [0, 0.1) is 0 Å². The van der Waals surface area contributed by atoms with Crippen molar-refractivity contribution in [2.75, 3.05) is 0 Å². The maximum atomic E-state index is 9.63. The van der Waals surface area contributed by atoms with Gasteiger partial charge in [0.2, 0.25) is 6.41 Å². The van der Waals surface area contributed by atoms with Gasteiger partial charge in [-0.2, -0.15) is 0 Å². The molecule has 0 aliphatic heterocycles. The van der Waals surface area contributed by atoms with Crippen LogP contribution < -0.4 is 11.1 Å². The zero-order chi connectivity index (χ0) is 5.28. The van der Waals surface area contributed by atoms with Gasteiger partial charge in [0.05, 0.1) is 0 Å². The third-order valence-electron chi connectivity index (χ3n) is 1.12. The molecule has 0 saturated heterocycles. The molecule has 3 nitrogen and oxygen atoms in total. The lowest BCUT2D eigenvalue weighted by Gasteiger charge is -1.86. The zero-order valence-corrected chi connectivity index (χ0v) is 3.92. The van der Waals surface area contributed by atoms with Gasteiger partial charge in [0, 0.05) is 12.1 Å². The Labute approximate surface area is 41.9 Å². The lowest BCUT2D eigenvalue weighted by atomic mass is 10.7. The van der Waals surface area contributed by atoms with E-state index >= 15 is 0 Å². The summed E-state index contributed by atoms with van der Waals surface area (Å²) in [5, 5.41) is 2.56. The van der Waals surface area contributed by atoms with Crippen LogP contribution in [0.4, 0.5) is 0 Å². The summed E-state index contributed by atoms with van der Waals surface area (Å²) in [7, 11) is 0. The Hall–Kier alpha value is -0.570. The second-order valence-electron chi connectivity index (χ2n) is 1.79. The Balaban J connectivity index is 2.08. The van der Waals surface area contributed by atoms with E-state index in [1.165, 1.54) is 0 Å². The summed E-state index contributed by atoms with van der Waals surface area (Å²) in [4.78, 5) is 9.63. The van der Waals surface area contributed by atoms with E-state index in [4.69, 9.17) is 5.73 Å². The van der Waals surface area contributed by atoms with E-state index < -0.39 is 0 Å². The maximum Gasteiger partial charge on any atom is 0.207 e. The fourth-order valence-electron chi connectivity index (χ4n) is 0.494. The average molecular weight is 100 g/mol. The monoisotopic (exact) mass is 100 g/mol. The Morgan fingerprint density at radius 1 is 1.86 bits per heavy atom. The summed E-state index contributed by atoms with van der Waals surface area (Å²) < 4.78 is 0. The normalized spacial score (nSPS) is 37.3. The lowest BCUT2D eigenvalue weighted by Crippen LogP contribution is -2.20. The van der Waals surface area contributed by atoms with Crippen LogP contribution in [0.1, 0.15) is 6.42 Å². The fraction of sp³-hybridized carbons (Fsp3) is 0.750. The number of nitrogens with two attached hydrogens (primary N) is 1. The minimum atomic E-state index is 0.227. The molecule has 0 aromatic carbocycles. The molecule has 0 radical (unpaired) electrons. The number of carbonyl (C=O) groups is 1. The van der Waals surface area contributed by atoms with Crippen molar-refractivity contribution in [3.63, 3.8) is 0 Å². The maximum absolute atomic E-state index is 9.63. The van der Waals surface area contributed by atoms with E-state index in [-0.39, 0.29) is 12.1 Å². The first-order valence-corrected chi connectivity index (χ1v) is 2.30. The highest BCUT2D eigenvalue weighted by molar-refractivity contribution is 5.48. The van der Waals surface area contributed by atoms with Crippen molar-refractivity contribution >= 4 is 6.41 Å². The molecule has 7 heavy (non-hydrogen) atoms. The van der Waals surface area contributed by atoms with Gasteiger partial charge >= 0.3 is 0 Å². The largest absolute Gasteiger partial charge is 0.354 e. The van der Waals surface area contributed by atoms with Crippen LogP contribution in [-0.4, -0.2) is 18.5 Å². The van der Waals surface area contributed by atoms with Crippen molar-refractivity contribution in [3.8, 4) is 0 Å². The van der Waals surface area contributed by atoms with Gasteiger partial charge in [0.25, 0.3) is 0 Å². The first kappa shape index (κ1) is 4.59. The lowest BCUT2D eigenvalue weighted by molar-refractivity contribution is -0.109. The van der Waals surface area contributed by atoms with Crippen molar-refractivity contribution in [1.29, 1.82) is 0 Å². The molecule has 1 rings (SSSR count). The summed E-state index contributed by atoms with van der Waals surface area (Å²) in [6, 6.07) is 0.502. The van der Waals surface area contributed by atoms with Gasteiger partial charge in [-0.3, -0.25) is 4.79 Å². The van der Waals surface area contributed by atoms with Crippen LogP contribution in [0.25, 0.3) is 0 Å². The SMILES string of the molecule is N[C@H]1C[C@H]1NC=O. The predicted octanol–water partition coefficient (Wildman–Crippen LogP) is -1.17. The average Bonchev–Trinajstić information content (AvgIpc) is 2.22. The molecular weight excluding hydrogens is 92.1 g/mol. The highest BCUT2D eigenvalue weighted by Crippen LogP contribution is 2.16. The smallest absolute Gasteiger partial charge is 0.207 e. The Morgan fingerprint density at radius 2 is 2.43 bits per heavy atom. The van der Waals surface area contributed by atoms with Gasteiger partial charge in [-0.05, 0) is 6.42 Å². The van der Waals surface area contributed by atoms with Crippen molar-refractivity contribution in [2.45, 2.75) is 18.5 Å². The van der Waals surface area contributed by atoms with Gasteiger partial charge in [-0.1, -0.05) is 0 Å². The first-order valence-electron chi connectivity index (χ1n) is 2.30. The van der Waals surface area contributed by atoms with E-state index in [9.17, 15) is 4.79 Å². The van der Waals surface area contributed by atoms with Crippen molar-refractivity contribution in [3.05, 3.63) is 0 Å². The first-order chi connectivity index (χ1) is 3.34. The molecule has 0 unspecified atom stereocenters. The number of nitrogens with one attached hydrogen (secondary N) is 1. The van der Waals surface area contributed by atoms with E-state index in [2.05, 4.69) is 5.32 Å². The number of rotatable bonds is 2. The molecule has 0 aromatic heterocycles. The molecule has 3 N–H and O–H groups in total. The van der Waals surface area contributed by atoms with Crippen LogP contribution in [0.3, 0.4) is 0 Å². The molecule has 0 spiro atoms. The molecule has 1 aliphatic rings. The minimum Gasteiger partial charge on any atom is -0.354 e. The van der Waals surface area contributed by atoms with Gasteiger partial charge < -0.3 is 11.1 Å². The number of hydrogen-bond acceptors (Lipinski definition) is 2. The van der Waals surface area contributed by atoms with Crippen LogP contribution >= 0.6 is 0 Å². The molecule has 0 aromatic rings. The standard InChI is InChI=1S/C4H8N2O/c5-3-1-4(3)6-2-7/h2-4H,1,5H2,(H,6,7)/t3-,4+/m0/s1. The van der Waals surface area contributed by atoms with E-state index in [1.54, 1.807) is 0 Å². The van der Waals surface area contributed by atoms with Crippen LogP contribution in [0.5, 0.6) is 0 Å². The quantitative estimate of drug-likeness (QED) is 0.430. The molecule has 0 bridgehead atoms. The summed E-state index contributed by atoms with van der Waals surface area (Å²) in [6.45, 7) is 0. The van der Waals surface area contributed by atoms with Gasteiger partial charge in [0.15, 0.2) is 0 Å². The highest BCUT2D eigenvalue weighted by atomic mass is 16.1. The summed E-state index contributed by atoms with van der Waals surface area (Å²) in [6.07, 6.45) is 1.64. The van der Waals surface area contributed by atoms with Crippen LogP contribution in [-0.2, 0) is 4.79 Å². The molecule has 3 heteroatoms. The Morgan fingerprint density at radius 3 is 2.57 bits per heavy atom. The third kappa shape index (κ3) is 0.899. The van der Waals surface area contributed by atoms with Crippen molar-refractivity contribution < 1.29 is 4.79 Å². The fourth-order valence-corrected chi connectivity index (χ4v) is 0.494. The minimum absolute atomic E-state index is 0.227. The Bertz CT molecular complexity index is 83.8. The summed E-state index contributed by atoms with van der Waals surface area (Å²) in [5.41, 5.74) is 5.33. The topological polar surface area (TPSA) is 55.1 Å². The number of carbonyl (C=O) groups excluding carboxylic acids is 1. The summed E-state index contributed by atoms with van der Waals surface area (Å²) >= 11 is 0. The van der Waals surface area contributed by atoms with Crippen LogP contribution in [0.15, 0.2) is 0 Å². The van der Waals surface area contributed by atoms with Crippen molar-refractivity contribution in [1.82, 2.24) is 5.32 Å². The predicted molar refractivity (Wildman–Crippen MR) is 25.6 cm³/mol. The van der Waals surface area contributed by atoms with E-state index in [0.717, 1.165) is 6.42 Å². The molecule has 1 saturated carbocycles. The molecule has 1 aliphatic carbocycles. The van der Waals surface area contributed by atoms with Gasteiger partial charge in [-0.25, -0.2) is 0 Å². The van der Waals surface area contributed by atoms with E-state index in [0.29, 0.717) is 6.41 Å². The Kier molecular flexibility index (Phi) is 0.982. The van der Waals surface area contributed by atoms with Gasteiger partial charge in [-0.15, -0.1) is 0 Å². The second-order valence-corrected chi connectivity index (χ2v) is 1.79. The number of hydrogen-bond donors (Lipinski definition) is 2. The molecule has 1 fully saturated rings. The van der Waals surface area contributed by atoms with Gasteiger partial charge in [0.1, 0.15) is 0 Å². The molecule has 40 valence electrons. The zero-order valence-electron chi connectivity index (χ0n) is 3.92. The third-order valence-corrected chi connectivity index (χ3v) is 1.12. The molecular formula is C4H8N2O. The van der Waals surface area contributed by atoms with Crippen LogP contribution in [0.2, 0.25) is 0 Å². The number of amides is 1. The summed E-state index contributed by atoms with van der Waals surface area (Å²) in [5.74, 6) is 0. The van der Waals surface area contributed by atoms with Crippen molar-refractivity contribution in [2.24, 2.45) is 5.73 Å². The highest BCUT2D eigenvalue weighted by Gasteiger charge is 2.32. The molecule has 0 heterocycles.